The van der Waals surface area contributed by atoms with Gasteiger partial charge in [0.15, 0.2) is 6.10 Å². The van der Waals surface area contributed by atoms with Gasteiger partial charge in [-0.3, -0.25) is 14.4 Å². The quantitative estimate of drug-likeness (QED) is 0.0261. The lowest BCUT2D eigenvalue weighted by Crippen LogP contribution is -2.30. The minimum atomic E-state index is -0.777. The highest BCUT2D eigenvalue weighted by molar-refractivity contribution is 5.71. The molecule has 0 aliphatic heterocycles. The summed E-state index contributed by atoms with van der Waals surface area (Å²) in [5.74, 6) is -0.874. The third-order valence-corrected chi connectivity index (χ3v) is 14.9. The molecule has 1 unspecified atom stereocenters. The maximum atomic E-state index is 12.9. The van der Waals surface area contributed by atoms with Crippen LogP contribution in [0, 0.1) is 0 Å². The standard InChI is InChI=1S/C73H128O6/c1-4-7-10-13-16-18-20-22-24-26-28-30-32-34-35-36-37-39-40-42-44-46-48-50-52-54-57-60-63-66-72(75)78-69-70(68-77-71(74)65-62-59-56-15-12-9-6-3)79-73(76)67-64-61-58-55-53-51-49-47-45-43-41-38-33-31-29-27-25-23-21-19-17-14-11-8-5-2/h8,11,17,19-20,22-23,25-26,28-29,31,38,41,70H,4-7,9-10,12-16,18,21,24,27,30,32-37,39-40,42-69H2,1-3H3/b11-8-,19-17-,22-20-,25-23-,28-26-,31-29-,41-38-. The predicted molar refractivity (Wildman–Crippen MR) is 344 cm³/mol. The zero-order valence-electron chi connectivity index (χ0n) is 52.4. The Hall–Kier alpha value is -3.41. The molecule has 0 heterocycles. The molecule has 6 nitrogen and oxygen atoms in total. The minimum absolute atomic E-state index is 0.0755. The maximum Gasteiger partial charge on any atom is 0.306 e. The van der Waals surface area contributed by atoms with Gasteiger partial charge in [-0.2, -0.15) is 0 Å². The summed E-state index contributed by atoms with van der Waals surface area (Å²) < 4.78 is 16.9. The molecule has 0 aromatic rings. The van der Waals surface area contributed by atoms with Crippen LogP contribution in [0.15, 0.2) is 85.1 Å². The third kappa shape index (κ3) is 65.3. The Bertz CT molecular complexity index is 1500. The Morgan fingerprint density at radius 1 is 0.266 bits per heavy atom. The number of esters is 3. The highest BCUT2D eigenvalue weighted by Crippen LogP contribution is 2.17. The van der Waals surface area contributed by atoms with Gasteiger partial charge in [0.1, 0.15) is 13.2 Å². The molecule has 0 saturated carbocycles. The molecule has 0 rings (SSSR count). The van der Waals surface area contributed by atoms with Crippen LogP contribution >= 0.6 is 0 Å². The molecule has 0 fully saturated rings. The molecular weight excluding hydrogens is 973 g/mol. The van der Waals surface area contributed by atoms with Crippen LogP contribution in [0.3, 0.4) is 0 Å². The molecule has 79 heavy (non-hydrogen) atoms. The molecule has 6 heteroatoms. The fraction of sp³-hybridized carbons (Fsp3) is 0.767. The van der Waals surface area contributed by atoms with E-state index in [4.69, 9.17) is 14.2 Å². The summed E-state index contributed by atoms with van der Waals surface area (Å²) in [6.45, 7) is 6.51. The number of hydrogen-bond acceptors (Lipinski definition) is 6. The van der Waals surface area contributed by atoms with E-state index >= 15 is 0 Å². The minimum Gasteiger partial charge on any atom is -0.462 e. The highest BCUT2D eigenvalue weighted by Gasteiger charge is 2.19. The van der Waals surface area contributed by atoms with E-state index in [1.165, 1.54) is 199 Å². The van der Waals surface area contributed by atoms with Crippen molar-refractivity contribution in [2.24, 2.45) is 0 Å². The molecule has 0 N–H and O–H groups in total. The van der Waals surface area contributed by atoms with Crippen molar-refractivity contribution in [2.45, 2.75) is 348 Å². The SMILES string of the molecule is CC/C=C\C/C=C\C/C=C\C/C=C\C/C=C\CCCCCCCCCCCC(=O)OC(COC(=O)CCCCCCCCC)COC(=O)CCCCCCCCCCCCCCCCCCC/C=C\C/C=C\CCCCCCC. The Kier molecular flexibility index (Phi) is 64.2. The van der Waals surface area contributed by atoms with Crippen LogP contribution in [-0.2, 0) is 28.6 Å². The monoisotopic (exact) mass is 1100 g/mol. The molecule has 0 spiro atoms. The molecule has 0 aliphatic carbocycles. The zero-order valence-corrected chi connectivity index (χ0v) is 52.4. The number of ether oxygens (including phenoxy) is 3. The molecule has 0 aromatic heterocycles. The number of unbranched alkanes of at least 4 members (excludes halogenated alkanes) is 37. The first kappa shape index (κ1) is 75.6. The second-order valence-corrected chi connectivity index (χ2v) is 22.7. The Morgan fingerprint density at radius 2 is 0.494 bits per heavy atom. The molecule has 0 aliphatic rings. The van der Waals surface area contributed by atoms with Crippen molar-refractivity contribution in [1.29, 1.82) is 0 Å². The van der Waals surface area contributed by atoms with Crippen molar-refractivity contribution in [2.75, 3.05) is 13.2 Å². The Morgan fingerprint density at radius 3 is 0.772 bits per heavy atom. The van der Waals surface area contributed by atoms with Gasteiger partial charge in [-0.15, -0.1) is 0 Å². The molecule has 0 aromatic carbocycles. The fourth-order valence-electron chi connectivity index (χ4n) is 9.80. The molecule has 0 amide bonds. The summed E-state index contributed by atoms with van der Waals surface area (Å²) in [5, 5.41) is 0. The lowest BCUT2D eigenvalue weighted by atomic mass is 10.0. The second kappa shape index (κ2) is 67.1. The summed E-state index contributed by atoms with van der Waals surface area (Å²) in [4.78, 5) is 38.2. The summed E-state index contributed by atoms with van der Waals surface area (Å²) >= 11 is 0. The number of rotatable bonds is 62. The van der Waals surface area contributed by atoms with E-state index in [-0.39, 0.29) is 31.1 Å². The topological polar surface area (TPSA) is 78.9 Å². The summed E-state index contributed by atoms with van der Waals surface area (Å²) in [6, 6.07) is 0. The van der Waals surface area contributed by atoms with Gasteiger partial charge >= 0.3 is 17.9 Å². The summed E-state index contributed by atoms with van der Waals surface area (Å²) in [7, 11) is 0. The lowest BCUT2D eigenvalue weighted by Gasteiger charge is -2.18. The molecule has 456 valence electrons. The van der Waals surface area contributed by atoms with Crippen LogP contribution in [0.4, 0.5) is 0 Å². The van der Waals surface area contributed by atoms with Gasteiger partial charge in [0.2, 0.25) is 0 Å². The zero-order chi connectivity index (χ0) is 57.1. The van der Waals surface area contributed by atoms with Gasteiger partial charge in [-0.05, 0) is 96.3 Å². The first-order valence-electron chi connectivity index (χ1n) is 34.1. The largest absolute Gasteiger partial charge is 0.462 e. The van der Waals surface area contributed by atoms with Crippen molar-refractivity contribution in [1.82, 2.24) is 0 Å². The van der Waals surface area contributed by atoms with Crippen LogP contribution in [0.2, 0.25) is 0 Å². The molecule has 1 atom stereocenters. The first-order chi connectivity index (χ1) is 39.0. The fourth-order valence-corrected chi connectivity index (χ4v) is 9.80. The molecule has 0 radical (unpaired) electrons. The predicted octanol–water partition coefficient (Wildman–Crippen LogP) is 23.4. The van der Waals surface area contributed by atoms with Crippen LogP contribution in [0.25, 0.3) is 0 Å². The van der Waals surface area contributed by atoms with Crippen LogP contribution < -0.4 is 0 Å². The summed E-state index contributed by atoms with van der Waals surface area (Å²) in [6.07, 6.45) is 89.2. The van der Waals surface area contributed by atoms with E-state index in [0.717, 1.165) is 103 Å². The molecular formula is C73H128O6. The van der Waals surface area contributed by atoms with Crippen LogP contribution in [0.1, 0.15) is 342 Å². The van der Waals surface area contributed by atoms with Gasteiger partial charge in [0.05, 0.1) is 0 Å². The molecule has 0 saturated heterocycles. The van der Waals surface area contributed by atoms with Crippen molar-refractivity contribution in [3.8, 4) is 0 Å². The van der Waals surface area contributed by atoms with E-state index in [9.17, 15) is 14.4 Å². The van der Waals surface area contributed by atoms with E-state index in [1.54, 1.807) is 0 Å². The Balaban J connectivity index is 4.08. The van der Waals surface area contributed by atoms with E-state index < -0.39 is 6.10 Å². The smallest absolute Gasteiger partial charge is 0.306 e. The normalized spacial score (nSPS) is 12.6. The third-order valence-electron chi connectivity index (χ3n) is 14.9. The van der Waals surface area contributed by atoms with Crippen LogP contribution in [0.5, 0.6) is 0 Å². The first-order valence-corrected chi connectivity index (χ1v) is 34.1. The average molecular weight is 1100 g/mol. The molecule has 0 bridgehead atoms. The number of carbonyl (C=O) groups excluding carboxylic acids is 3. The van der Waals surface area contributed by atoms with E-state index in [1.807, 2.05) is 0 Å². The van der Waals surface area contributed by atoms with Gasteiger partial charge in [0.25, 0.3) is 0 Å². The van der Waals surface area contributed by atoms with Crippen molar-refractivity contribution < 1.29 is 28.6 Å². The van der Waals surface area contributed by atoms with Gasteiger partial charge < -0.3 is 14.2 Å². The van der Waals surface area contributed by atoms with Gasteiger partial charge in [-0.25, -0.2) is 0 Å². The number of hydrogen-bond donors (Lipinski definition) is 0. The highest BCUT2D eigenvalue weighted by atomic mass is 16.6. The maximum absolute atomic E-state index is 12.9. The van der Waals surface area contributed by atoms with E-state index in [0.29, 0.717) is 19.3 Å². The van der Waals surface area contributed by atoms with Crippen molar-refractivity contribution in [3.63, 3.8) is 0 Å². The van der Waals surface area contributed by atoms with E-state index in [2.05, 4.69) is 106 Å². The number of carbonyl (C=O) groups is 3. The van der Waals surface area contributed by atoms with Crippen LogP contribution in [-0.4, -0.2) is 37.2 Å². The second-order valence-electron chi connectivity index (χ2n) is 22.7. The average Bonchev–Trinajstić information content (AvgIpc) is 3.45. The summed E-state index contributed by atoms with van der Waals surface area (Å²) in [5.41, 5.74) is 0. The lowest BCUT2D eigenvalue weighted by molar-refractivity contribution is -0.167. The van der Waals surface area contributed by atoms with Gasteiger partial charge in [0, 0.05) is 19.3 Å². The van der Waals surface area contributed by atoms with Crippen molar-refractivity contribution >= 4 is 17.9 Å². The number of allylic oxidation sites excluding steroid dienone is 14. The van der Waals surface area contributed by atoms with Gasteiger partial charge in [-0.1, -0.05) is 311 Å². The Labute approximate surface area is 490 Å². The van der Waals surface area contributed by atoms with Crippen molar-refractivity contribution in [3.05, 3.63) is 85.1 Å².